The first-order chi connectivity index (χ1) is 30.1. The summed E-state index contributed by atoms with van der Waals surface area (Å²) in [4.78, 5) is 37.0. The van der Waals surface area contributed by atoms with Crippen molar-refractivity contribution in [1.82, 2.24) is 0 Å². The molecule has 0 spiro atoms. The van der Waals surface area contributed by atoms with Crippen LogP contribution in [0.2, 0.25) is 0 Å². The van der Waals surface area contributed by atoms with Crippen LogP contribution in [0.5, 0.6) is 0 Å². The van der Waals surface area contributed by atoms with E-state index in [0.717, 1.165) is 44.9 Å². The second kappa shape index (κ2) is 45.4. The molecule has 0 aromatic heterocycles. The zero-order valence-corrected chi connectivity index (χ0v) is 41.6. The number of nitrogens with zero attached hydrogens (tertiary/aromatic N) is 1. The molecule has 0 saturated heterocycles. The smallest absolute Gasteiger partial charge is 0.306 e. The monoisotopic (exact) mass is 876 g/mol. The Labute approximate surface area is 383 Å². The van der Waals surface area contributed by atoms with E-state index in [0.29, 0.717) is 12.8 Å². The number of quaternary nitrogens is 1. The van der Waals surface area contributed by atoms with Crippen molar-refractivity contribution in [3.8, 4) is 0 Å². The Kier molecular flexibility index (Phi) is 43.8. The summed E-state index contributed by atoms with van der Waals surface area (Å²) in [6, 6.07) is -0.724. The maximum Gasteiger partial charge on any atom is 0.306 e. The van der Waals surface area contributed by atoms with Crippen LogP contribution in [0.15, 0.2) is 24.3 Å². The predicted molar refractivity (Wildman–Crippen MR) is 259 cm³/mol. The second-order valence-electron chi connectivity index (χ2n) is 19.1. The molecule has 0 aliphatic carbocycles. The Balaban J connectivity index is 4.21. The zero-order valence-electron chi connectivity index (χ0n) is 41.6. The number of hydrogen-bond acceptors (Lipinski definition) is 7. The van der Waals surface area contributed by atoms with Crippen LogP contribution >= 0.6 is 0 Å². The number of rotatable bonds is 48. The molecule has 0 aliphatic rings. The molecule has 0 aromatic rings. The highest BCUT2D eigenvalue weighted by atomic mass is 16.6. The minimum atomic E-state index is -1.12. The van der Waals surface area contributed by atoms with Crippen molar-refractivity contribution in [2.75, 3.05) is 41.0 Å². The lowest BCUT2D eigenvalue weighted by Gasteiger charge is -2.34. The van der Waals surface area contributed by atoms with Gasteiger partial charge in [-0.25, -0.2) is 0 Å². The topological polar surface area (TPSA) is 102 Å². The summed E-state index contributed by atoms with van der Waals surface area (Å²) >= 11 is 0. The molecule has 364 valence electrons. The van der Waals surface area contributed by atoms with Gasteiger partial charge in [-0.15, -0.1) is 0 Å². The van der Waals surface area contributed by atoms with E-state index in [2.05, 4.69) is 38.2 Å². The van der Waals surface area contributed by atoms with E-state index in [4.69, 9.17) is 14.2 Å². The fourth-order valence-electron chi connectivity index (χ4n) is 7.99. The minimum absolute atomic E-state index is 0.0436. The van der Waals surface area contributed by atoms with Crippen LogP contribution in [0.4, 0.5) is 0 Å². The third-order valence-electron chi connectivity index (χ3n) is 12.1. The number of likely N-dealkylation sites (N-methyl/N-ethyl adjacent to an activating group) is 1. The first-order valence-electron chi connectivity index (χ1n) is 26.4. The summed E-state index contributed by atoms with van der Waals surface area (Å²) in [6.07, 6.45) is 52.0. The minimum Gasteiger partial charge on any atom is -0.544 e. The maximum atomic E-state index is 12.8. The number of ether oxygens (including phenoxy) is 3. The lowest BCUT2D eigenvalue weighted by Crippen LogP contribution is -2.55. The molecule has 0 radical (unpaired) electrons. The molecule has 2 unspecified atom stereocenters. The van der Waals surface area contributed by atoms with Crippen molar-refractivity contribution in [1.29, 1.82) is 0 Å². The van der Waals surface area contributed by atoms with Crippen LogP contribution < -0.4 is 5.11 Å². The van der Waals surface area contributed by atoms with Crippen LogP contribution in [-0.2, 0) is 28.6 Å². The quantitative estimate of drug-likeness (QED) is 0.0260. The zero-order chi connectivity index (χ0) is 45.6. The van der Waals surface area contributed by atoms with Crippen LogP contribution in [0, 0.1) is 0 Å². The summed E-state index contributed by atoms with van der Waals surface area (Å²) in [7, 11) is 5.42. The Bertz CT molecular complexity index is 1070. The molecule has 62 heavy (non-hydrogen) atoms. The number of esters is 2. The predicted octanol–water partition coefficient (Wildman–Crippen LogP) is 13.9. The van der Waals surface area contributed by atoms with E-state index in [-0.39, 0.29) is 42.7 Å². The highest BCUT2D eigenvalue weighted by Crippen LogP contribution is 2.16. The van der Waals surface area contributed by atoms with Crippen molar-refractivity contribution >= 4 is 17.9 Å². The van der Waals surface area contributed by atoms with E-state index >= 15 is 0 Å². The molecule has 0 rings (SSSR count). The van der Waals surface area contributed by atoms with Crippen LogP contribution in [-0.4, -0.2) is 75.5 Å². The van der Waals surface area contributed by atoms with E-state index in [1.54, 1.807) is 0 Å². The molecular weight excluding hydrogens is 775 g/mol. The largest absolute Gasteiger partial charge is 0.544 e. The highest BCUT2D eigenvalue weighted by molar-refractivity contribution is 5.70. The van der Waals surface area contributed by atoms with Gasteiger partial charge in [0, 0.05) is 19.3 Å². The van der Waals surface area contributed by atoms with E-state index < -0.39 is 18.1 Å². The van der Waals surface area contributed by atoms with E-state index in [1.165, 1.54) is 173 Å². The lowest BCUT2D eigenvalue weighted by molar-refractivity contribution is -0.889. The van der Waals surface area contributed by atoms with E-state index in [1.807, 2.05) is 21.1 Å². The Morgan fingerprint density at radius 1 is 0.484 bits per heavy atom. The molecule has 0 amide bonds. The van der Waals surface area contributed by atoms with E-state index in [9.17, 15) is 19.5 Å². The number of unbranched alkanes of at least 4 members (excludes halogenated alkanes) is 30. The van der Waals surface area contributed by atoms with Gasteiger partial charge in [-0.3, -0.25) is 9.59 Å². The third kappa shape index (κ3) is 43.1. The van der Waals surface area contributed by atoms with Gasteiger partial charge in [0.05, 0.1) is 40.3 Å². The number of hydrogen-bond donors (Lipinski definition) is 0. The molecule has 0 bridgehead atoms. The summed E-state index contributed by atoms with van der Waals surface area (Å²) in [5, 5.41) is 11.7. The molecule has 0 heterocycles. The number of carbonyl (C=O) groups excluding carboxylic acids is 3. The molecule has 8 heteroatoms. The Morgan fingerprint density at radius 2 is 0.855 bits per heavy atom. The average molecular weight is 876 g/mol. The normalized spacial score (nSPS) is 13.0. The number of allylic oxidation sites excluding steroid dienone is 4. The molecule has 0 aliphatic heterocycles. The summed E-state index contributed by atoms with van der Waals surface area (Å²) in [6.45, 7) is 4.69. The van der Waals surface area contributed by atoms with Gasteiger partial charge in [0.15, 0.2) is 6.10 Å². The van der Waals surface area contributed by atoms with Crippen molar-refractivity contribution in [3.05, 3.63) is 24.3 Å². The van der Waals surface area contributed by atoms with Gasteiger partial charge < -0.3 is 28.6 Å². The summed E-state index contributed by atoms with van der Waals surface area (Å²) in [5.41, 5.74) is 0. The van der Waals surface area contributed by atoms with Gasteiger partial charge in [0.25, 0.3) is 0 Å². The van der Waals surface area contributed by atoms with Crippen molar-refractivity contribution in [3.63, 3.8) is 0 Å². The first-order valence-corrected chi connectivity index (χ1v) is 26.4. The molecule has 0 aromatic carbocycles. The van der Waals surface area contributed by atoms with Gasteiger partial charge in [-0.1, -0.05) is 212 Å². The Morgan fingerprint density at radius 3 is 1.24 bits per heavy atom. The van der Waals surface area contributed by atoms with Gasteiger partial charge in [0.1, 0.15) is 12.6 Å². The van der Waals surface area contributed by atoms with Crippen molar-refractivity contribution in [2.45, 2.75) is 264 Å². The van der Waals surface area contributed by atoms with Crippen LogP contribution in [0.25, 0.3) is 0 Å². The highest BCUT2D eigenvalue weighted by Gasteiger charge is 2.25. The van der Waals surface area contributed by atoms with Gasteiger partial charge >= 0.3 is 11.9 Å². The number of carbonyl (C=O) groups is 3. The number of carboxylic acid groups (broad SMARTS) is 1. The van der Waals surface area contributed by atoms with Crippen LogP contribution in [0.1, 0.15) is 251 Å². The average Bonchev–Trinajstić information content (AvgIpc) is 3.23. The number of carboxylic acids is 1. The molecule has 0 fully saturated rings. The fraction of sp³-hybridized carbons (Fsp3) is 0.870. The lowest BCUT2D eigenvalue weighted by atomic mass is 10.0. The summed E-state index contributed by atoms with van der Waals surface area (Å²) in [5.74, 6) is -1.72. The number of aliphatic carboxylic acids is 1. The second-order valence-corrected chi connectivity index (χ2v) is 19.1. The van der Waals surface area contributed by atoms with Gasteiger partial charge in [-0.05, 0) is 44.9 Å². The molecule has 0 saturated carbocycles. The SMILES string of the molecule is CCCCCCC/C=C\C/C=C\CCCCCCCCCCCC(=O)OC(COCCC(C(=O)[O-])[N+](C)(C)C)COC(=O)CCCCCCCCCCCCCCCCCCC. The van der Waals surface area contributed by atoms with Gasteiger partial charge in [0.2, 0.25) is 0 Å². The molecule has 8 nitrogen and oxygen atoms in total. The van der Waals surface area contributed by atoms with Crippen molar-refractivity contribution in [2.24, 2.45) is 0 Å². The van der Waals surface area contributed by atoms with Crippen molar-refractivity contribution < 1.29 is 38.2 Å². The first kappa shape index (κ1) is 59.8. The fourth-order valence-corrected chi connectivity index (χ4v) is 7.99. The van der Waals surface area contributed by atoms with Gasteiger partial charge in [-0.2, -0.15) is 0 Å². The standard InChI is InChI=1S/C54H101NO7/c1-6-8-10-12-14-16-18-20-22-24-25-26-27-29-31-33-35-37-39-41-43-45-53(57)62-50(48-60-47-46-51(54(58)59)55(3,4)5)49-61-52(56)44-42-40-38-36-34-32-30-28-23-21-19-17-15-13-11-9-7-2/h18,20,24-25,50-51H,6-17,19,21-23,26-49H2,1-5H3/b20-18-,25-24-. The molecule has 0 N–H and O–H groups in total. The summed E-state index contributed by atoms with van der Waals surface area (Å²) < 4.78 is 17.3. The van der Waals surface area contributed by atoms with Crippen LogP contribution in [0.3, 0.4) is 0 Å². The molecular formula is C54H101NO7. The Hall–Kier alpha value is -2.19. The molecule has 2 atom stereocenters. The maximum absolute atomic E-state index is 12.8. The third-order valence-corrected chi connectivity index (χ3v) is 12.1.